The second-order valence-corrected chi connectivity index (χ2v) is 7.23. The molecule has 2 atom stereocenters. The summed E-state index contributed by atoms with van der Waals surface area (Å²) in [6.07, 6.45) is 1.49. The highest BCUT2D eigenvalue weighted by atomic mass is 16.5. The van der Waals surface area contributed by atoms with Gasteiger partial charge in [0.2, 0.25) is 0 Å². The molecule has 4 rings (SSSR count). The first kappa shape index (κ1) is 18.4. The Bertz CT molecular complexity index is 704. The molecule has 0 spiro atoms. The minimum Gasteiger partial charge on any atom is -0.487 e. The number of likely N-dealkylation sites (tertiary alicyclic amines) is 1. The van der Waals surface area contributed by atoms with Crippen molar-refractivity contribution in [3.8, 4) is 5.75 Å². The fraction of sp³-hybridized carbons (Fsp3) is 0.476. The van der Waals surface area contributed by atoms with Crippen LogP contribution in [0, 0.1) is 0 Å². The van der Waals surface area contributed by atoms with Gasteiger partial charge in [0.25, 0.3) is 0 Å². The van der Waals surface area contributed by atoms with Crippen LogP contribution in [0.5, 0.6) is 5.75 Å². The minimum atomic E-state index is -0.288. The molecular formula is C21H27N3O3. The van der Waals surface area contributed by atoms with Crippen molar-refractivity contribution < 1.29 is 14.6 Å². The Kier molecular flexibility index (Phi) is 5.99. The Morgan fingerprint density at radius 2 is 1.89 bits per heavy atom. The molecule has 27 heavy (non-hydrogen) atoms. The number of benzene rings is 1. The first-order valence-electron chi connectivity index (χ1n) is 9.62. The van der Waals surface area contributed by atoms with E-state index in [1.807, 2.05) is 30.3 Å². The zero-order valence-electron chi connectivity index (χ0n) is 15.5. The first-order valence-corrected chi connectivity index (χ1v) is 9.62. The van der Waals surface area contributed by atoms with Gasteiger partial charge in [-0.05, 0) is 29.8 Å². The fourth-order valence-corrected chi connectivity index (χ4v) is 3.83. The van der Waals surface area contributed by atoms with Crippen LogP contribution in [0.1, 0.15) is 11.3 Å². The highest BCUT2D eigenvalue weighted by Crippen LogP contribution is 2.21. The topological polar surface area (TPSA) is 58.1 Å². The Labute approximate surface area is 160 Å². The molecule has 144 valence electrons. The lowest BCUT2D eigenvalue weighted by atomic mass is 10.1. The Morgan fingerprint density at radius 1 is 1.07 bits per heavy atom. The van der Waals surface area contributed by atoms with Crippen molar-refractivity contribution in [3.63, 3.8) is 0 Å². The van der Waals surface area contributed by atoms with E-state index in [-0.39, 0.29) is 12.1 Å². The van der Waals surface area contributed by atoms with Crippen molar-refractivity contribution in [3.05, 3.63) is 59.9 Å². The number of rotatable bonds is 6. The molecule has 0 saturated carbocycles. The van der Waals surface area contributed by atoms with E-state index in [1.54, 1.807) is 6.20 Å². The van der Waals surface area contributed by atoms with Crippen LogP contribution < -0.4 is 4.74 Å². The van der Waals surface area contributed by atoms with Crippen molar-refractivity contribution >= 4 is 0 Å². The average molecular weight is 369 g/mol. The third kappa shape index (κ3) is 4.84. The van der Waals surface area contributed by atoms with Gasteiger partial charge < -0.3 is 14.6 Å². The minimum absolute atomic E-state index is 0.217. The molecule has 3 heterocycles. The maximum absolute atomic E-state index is 10.5. The molecule has 0 amide bonds. The third-order valence-corrected chi connectivity index (χ3v) is 5.29. The van der Waals surface area contributed by atoms with Crippen LogP contribution in [0.3, 0.4) is 0 Å². The second-order valence-electron chi connectivity index (χ2n) is 7.23. The summed E-state index contributed by atoms with van der Waals surface area (Å²) in [5, 5.41) is 10.5. The van der Waals surface area contributed by atoms with Gasteiger partial charge in [-0.15, -0.1) is 0 Å². The molecule has 2 fully saturated rings. The smallest absolute Gasteiger partial charge is 0.130 e. The number of aromatic nitrogens is 1. The van der Waals surface area contributed by atoms with Gasteiger partial charge in [0, 0.05) is 45.0 Å². The summed E-state index contributed by atoms with van der Waals surface area (Å²) in [6, 6.07) is 14.2. The SMILES string of the molecule is O[C@@H]1CN(Cc2ccc(OCc3ccccn3)cc2)C[C@H]1N1CCOCC1. The number of aliphatic hydroxyl groups excluding tert-OH is 1. The summed E-state index contributed by atoms with van der Waals surface area (Å²) in [5.41, 5.74) is 2.15. The summed E-state index contributed by atoms with van der Waals surface area (Å²) in [7, 11) is 0. The molecule has 2 saturated heterocycles. The molecular weight excluding hydrogens is 342 g/mol. The van der Waals surface area contributed by atoms with Crippen LogP contribution in [0.25, 0.3) is 0 Å². The van der Waals surface area contributed by atoms with Crippen LogP contribution in [0.15, 0.2) is 48.7 Å². The summed E-state index contributed by atoms with van der Waals surface area (Å²) in [5.74, 6) is 0.844. The average Bonchev–Trinajstić information content (AvgIpc) is 3.09. The van der Waals surface area contributed by atoms with E-state index in [9.17, 15) is 5.11 Å². The summed E-state index contributed by atoms with van der Waals surface area (Å²) >= 11 is 0. The Balaban J connectivity index is 1.28. The summed E-state index contributed by atoms with van der Waals surface area (Å²) in [4.78, 5) is 8.96. The molecule has 1 N–H and O–H groups in total. The molecule has 6 nitrogen and oxygen atoms in total. The molecule has 0 unspecified atom stereocenters. The van der Waals surface area contributed by atoms with E-state index in [0.717, 1.165) is 57.4 Å². The zero-order valence-corrected chi connectivity index (χ0v) is 15.5. The summed E-state index contributed by atoms with van der Waals surface area (Å²) in [6.45, 7) is 6.30. The fourth-order valence-electron chi connectivity index (χ4n) is 3.83. The van der Waals surface area contributed by atoms with Gasteiger partial charge in [-0.25, -0.2) is 0 Å². The highest BCUT2D eigenvalue weighted by Gasteiger charge is 2.35. The van der Waals surface area contributed by atoms with Gasteiger partial charge in [0.05, 0.1) is 25.0 Å². The number of hydrogen-bond donors (Lipinski definition) is 1. The molecule has 2 aromatic rings. The number of morpholine rings is 1. The molecule has 6 heteroatoms. The maximum atomic E-state index is 10.5. The van der Waals surface area contributed by atoms with Gasteiger partial charge in [-0.3, -0.25) is 14.8 Å². The lowest BCUT2D eigenvalue weighted by Crippen LogP contribution is -2.48. The van der Waals surface area contributed by atoms with Crippen molar-refractivity contribution in [1.82, 2.24) is 14.8 Å². The van der Waals surface area contributed by atoms with Crippen LogP contribution in [-0.4, -0.2) is 71.4 Å². The largest absolute Gasteiger partial charge is 0.487 e. The van der Waals surface area contributed by atoms with E-state index in [1.165, 1.54) is 5.56 Å². The van der Waals surface area contributed by atoms with Crippen molar-refractivity contribution in [2.75, 3.05) is 39.4 Å². The van der Waals surface area contributed by atoms with Crippen LogP contribution in [0.2, 0.25) is 0 Å². The van der Waals surface area contributed by atoms with Crippen LogP contribution in [-0.2, 0) is 17.9 Å². The standard InChI is InChI=1S/C21H27N3O3/c25-21-15-23(14-20(21)24-9-11-26-12-10-24)13-17-4-6-19(7-5-17)27-16-18-3-1-2-8-22-18/h1-8,20-21,25H,9-16H2/t20-,21-/m1/s1. The molecule has 1 aromatic carbocycles. The number of hydrogen-bond acceptors (Lipinski definition) is 6. The summed E-state index contributed by atoms with van der Waals surface area (Å²) < 4.78 is 11.2. The number of nitrogens with zero attached hydrogens (tertiary/aromatic N) is 3. The van der Waals surface area contributed by atoms with Gasteiger partial charge in [0.1, 0.15) is 12.4 Å². The first-order chi connectivity index (χ1) is 13.3. The molecule has 2 aliphatic heterocycles. The number of pyridine rings is 1. The Hall–Kier alpha value is -1.99. The zero-order chi connectivity index (χ0) is 18.5. The van der Waals surface area contributed by atoms with E-state index in [4.69, 9.17) is 9.47 Å². The lowest BCUT2D eigenvalue weighted by Gasteiger charge is -2.33. The molecule has 0 bridgehead atoms. The number of aliphatic hydroxyl groups is 1. The predicted molar refractivity (Wildman–Crippen MR) is 102 cm³/mol. The van der Waals surface area contributed by atoms with E-state index >= 15 is 0 Å². The van der Waals surface area contributed by atoms with Crippen LogP contribution >= 0.6 is 0 Å². The normalized spacial score (nSPS) is 24.2. The van der Waals surface area contributed by atoms with Gasteiger partial charge in [-0.2, -0.15) is 0 Å². The predicted octanol–water partition coefficient (Wildman–Crippen LogP) is 1.54. The van der Waals surface area contributed by atoms with Crippen molar-refractivity contribution in [2.45, 2.75) is 25.3 Å². The Morgan fingerprint density at radius 3 is 2.63 bits per heavy atom. The van der Waals surface area contributed by atoms with Crippen LogP contribution in [0.4, 0.5) is 0 Å². The monoisotopic (exact) mass is 369 g/mol. The maximum Gasteiger partial charge on any atom is 0.130 e. The van der Waals surface area contributed by atoms with Gasteiger partial charge >= 0.3 is 0 Å². The quantitative estimate of drug-likeness (QED) is 0.834. The van der Waals surface area contributed by atoms with E-state index < -0.39 is 0 Å². The number of β-amino-alcohol motifs (C(OH)–C–C–N with tert-alkyl or cyclic N) is 1. The molecule has 0 radical (unpaired) electrons. The highest BCUT2D eigenvalue weighted by molar-refractivity contribution is 5.27. The van der Waals surface area contributed by atoms with E-state index in [0.29, 0.717) is 6.61 Å². The lowest BCUT2D eigenvalue weighted by molar-refractivity contribution is -0.00618. The van der Waals surface area contributed by atoms with Gasteiger partial charge in [-0.1, -0.05) is 18.2 Å². The van der Waals surface area contributed by atoms with E-state index in [2.05, 4.69) is 26.9 Å². The second kappa shape index (κ2) is 8.80. The van der Waals surface area contributed by atoms with Crippen molar-refractivity contribution in [1.29, 1.82) is 0 Å². The third-order valence-electron chi connectivity index (χ3n) is 5.29. The number of ether oxygens (including phenoxy) is 2. The van der Waals surface area contributed by atoms with Gasteiger partial charge in [0.15, 0.2) is 0 Å². The molecule has 2 aliphatic rings. The van der Waals surface area contributed by atoms with Crippen molar-refractivity contribution in [2.24, 2.45) is 0 Å². The molecule has 1 aromatic heterocycles. The molecule has 0 aliphatic carbocycles.